The minimum Gasteiger partial charge on any atom is -0.324 e. The van der Waals surface area contributed by atoms with Gasteiger partial charge in [-0.05, 0) is 31.0 Å². The normalized spacial score (nSPS) is 24.4. The summed E-state index contributed by atoms with van der Waals surface area (Å²) in [6.45, 7) is 3.26. The highest BCUT2D eigenvalue weighted by Crippen LogP contribution is 2.18. The Morgan fingerprint density at radius 2 is 2.05 bits per heavy atom. The Bertz CT molecular complexity index is 545. The topological polar surface area (TPSA) is 63.4 Å². The van der Waals surface area contributed by atoms with Gasteiger partial charge >= 0.3 is 0 Å². The van der Waals surface area contributed by atoms with E-state index in [4.69, 9.17) is 5.73 Å². The summed E-state index contributed by atoms with van der Waals surface area (Å²) in [5.74, 6) is 0.179. The van der Waals surface area contributed by atoms with Crippen LogP contribution in [0, 0.1) is 5.82 Å². The van der Waals surface area contributed by atoms with E-state index in [0.717, 1.165) is 18.5 Å². The number of nitrogens with two attached hydrogens (primary N) is 1. The Morgan fingerprint density at radius 1 is 1.40 bits per heavy atom. The average molecular weight is 300 g/mol. The molecule has 1 aromatic rings. The minimum atomic E-state index is -2.87. The van der Waals surface area contributed by atoms with Crippen molar-refractivity contribution in [1.82, 2.24) is 4.90 Å². The van der Waals surface area contributed by atoms with Crippen LogP contribution < -0.4 is 5.73 Å². The molecule has 1 saturated heterocycles. The molecule has 1 aliphatic heterocycles. The lowest BCUT2D eigenvalue weighted by Gasteiger charge is -2.33. The van der Waals surface area contributed by atoms with E-state index in [1.54, 1.807) is 12.1 Å². The Hall–Kier alpha value is -0.980. The fraction of sp³-hybridized carbons (Fsp3) is 0.571. The number of rotatable bonds is 4. The van der Waals surface area contributed by atoms with Crippen molar-refractivity contribution in [2.24, 2.45) is 5.73 Å². The molecule has 1 aromatic carbocycles. The third kappa shape index (κ3) is 4.01. The average Bonchev–Trinajstić information content (AvgIpc) is 2.37. The highest BCUT2D eigenvalue weighted by molar-refractivity contribution is 7.91. The predicted molar refractivity (Wildman–Crippen MR) is 77.6 cm³/mol. The van der Waals surface area contributed by atoms with Gasteiger partial charge in [0.15, 0.2) is 9.84 Å². The van der Waals surface area contributed by atoms with E-state index in [9.17, 15) is 12.8 Å². The van der Waals surface area contributed by atoms with Crippen molar-refractivity contribution in [3.63, 3.8) is 0 Å². The maximum Gasteiger partial charge on any atom is 0.153 e. The maximum atomic E-state index is 12.8. The minimum absolute atomic E-state index is 0.0363. The monoisotopic (exact) mass is 300 g/mol. The Labute approximate surface area is 119 Å². The molecule has 0 amide bonds. The van der Waals surface area contributed by atoms with E-state index in [-0.39, 0.29) is 29.4 Å². The number of sulfone groups is 1. The summed E-state index contributed by atoms with van der Waals surface area (Å²) in [5, 5.41) is 0. The van der Waals surface area contributed by atoms with Crippen LogP contribution in [0.3, 0.4) is 0 Å². The summed E-state index contributed by atoms with van der Waals surface area (Å²) in [5.41, 5.74) is 7.00. The van der Waals surface area contributed by atoms with E-state index < -0.39 is 9.84 Å². The molecule has 2 unspecified atom stereocenters. The number of hydrogen-bond acceptors (Lipinski definition) is 4. The van der Waals surface area contributed by atoms with Crippen molar-refractivity contribution in [2.75, 3.05) is 24.6 Å². The smallest absolute Gasteiger partial charge is 0.153 e. The standard InChI is InChI=1S/C14H21FN2O2S/c1-11-10-20(18,19)9-8-17(11)7-6-14(16)12-2-4-13(15)5-3-12/h2-5,11,14H,6-10,16H2,1H3. The number of hydrogen-bond donors (Lipinski definition) is 1. The first kappa shape index (κ1) is 15.4. The lowest BCUT2D eigenvalue weighted by Crippen LogP contribution is -2.47. The van der Waals surface area contributed by atoms with Gasteiger partial charge in [-0.1, -0.05) is 12.1 Å². The zero-order valence-electron chi connectivity index (χ0n) is 11.6. The fourth-order valence-corrected chi connectivity index (χ4v) is 4.17. The van der Waals surface area contributed by atoms with Gasteiger partial charge in [-0.15, -0.1) is 0 Å². The second kappa shape index (κ2) is 6.20. The molecule has 0 spiro atoms. The lowest BCUT2D eigenvalue weighted by atomic mass is 10.0. The molecule has 1 aliphatic rings. The van der Waals surface area contributed by atoms with Crippen LogP contribution in [0.5, 0.6) is 0 Å². The molecule has 2 N–H and O–H groups in total. The molecule has 0 bridgehead atoms. The molecule has 1 heterocycles. The number of halogens is 1. The molecule has 2 rings (SSSR count). The molecule has 2 atom stereocenters. The highest BCUT2D eigenvalue weighted by Gasteiger charge is 2.27. The van der Waals surface area contributed by atoms with Crippen LogP contribution in [-0.2, 0) is 9.84 Å². The summed E-state index contributed by atoms with van der Waals surface area (Å²) in [7, 11) is -2.87. The summed E-state index contributed by atoms with van der Waals surface area (Å²) in [4.78, 5) is 2.16. The van der Waals surface area contributed by atoms with E-state index >= 15 is 0 Å². The van der Waals surface area contributed by atoms with Crippen LogP contribution in [0.2, 0.25) is 0 Å². The molecule has 6 heteroatoms. The van der Waals surface area contributed by atoms with Crippen molar-refractivity contribution in [3.05, 3.63) is 35.6 Å². The van der Waals surface area contributed by atoms with Crippen LogP contribution in [0.4, 0.5) is 4.39 Å². The Balaban J connectivity index is 1.87. The van der Waals surface area contributed by atoms with E-state index in [1.165, 1.54) is 12.1 Å². The van der Waals surface area contributed by atoms with Gasteiger partial charge in [-0.3, -0.25) is 4.90 Å². The van der Waals surface area contributed by atoms with E-state index in [1.807, 2.05) is 6.92 Å². The van der Waals surface area contributed by atoms with Gasteiger partial charge in [0.2, 0.25) is 0 Å². The number of benzene rings is 1. The van der Waals surface area contributed by atoms with Crippen molar-refractivity contribution in [1.29, 1.82) is 0 Å². The zero-order valence-corrected chi connectivity index (χ0v) is 12.4. The van der Waals surface area contributed by atoms with Crippen LogP contribution in [0.25, 0.3) is 0 Å². The van der Waals surface area contributed by atoms with Gasteiger partial charge in [0.05, 0.1) is 11.5 Å². The second-order valence-corrected chi connectivity index (χ2v) is 7.67. The van der Waals surface area contributed by atoms with E-state index in [0.29, 0.717) is 6.54 Å². The van der Waals surface area contributed by atoms with Crippen molar-refractivity contribution < 1.29 is 12.8 Å². The SMILES string of the molecule is CC1CS(=O)(=O)CCN1CCC(N)c1ccc(F)cc1. The highest BCUT2D eigenvalue weighted by atomic mass is 32.2. The molecule has 20 heavy (non-hydrogen) atoms. The summed E-state index contributed by atoms with van der Waals surface area (Å²) in [6, 6.07) is 6.10. The van der Waals surface area contributed by atoms with Gasteiger partial charge < -0.3 is 5.73 Å². The van der Waals surface area contributed by atoms with Crippen molar-refractivity contribution in [3.8, 4) is 0 Å². The summed E-state index contributed by atoms with van der Waals surface area (Å²) in [6.07, 6.45) is 0.732. The largest absolute Gasteiger partial charge is 0.324 e. The molecule has 112 valence electrons. The zero-order chi connectivity index (χ0) is 14.8. The first-order valence-electron chi connectivity index (χ1n) is 6.83. The molecule has 0 aromatic heterocycles. The van der Waals surface area contributed by atoms with Gasteiger partial charge in [0.1, 0.15) is 5.82 Å². The summed E-state index contributed by atoms with van der Waals surface area (Å²) >= 11 is 0. The predicted octanol–water partition coefficient (Wildman–Crippen LogP) is 1.33. The molecule has 0 radical (unpaired) electrons. The quantitative estimate of drug-likeness (QED) is 0.911. The van der Waals surface area contributed by atoms with Crippen LogP contribution >= 0.6 is 0 Å². The van der Waals surface area contributed by atoms with Gasteiger partial charge in [0, 0.05) is 25.2 Å². The molecule has 0 saturated carbocycles. The Morgan fingerprint density at radius 3 is 2.65 bits per heavy atom. The Kier molecular flexibility index (Phi) is 4.78. The maximum absolute atomic E-state index is 12.8. The van der Waals surface area contributed by atoms with Crippen LogP contribution in [0.1, 0.15) is 24.9 Å². The van der Waals surface area contributed by atoms with Gasteiger partial charge in [-0.25, -0.2) is 12.8 Å². The van der Waals surface area contributed by atoms with Crippen molar-refractivity contribution in [2.45, 2.75) is 25.4 Å². The molecule has 4 nitrogen and oxygen atoms in total. The van der Waals surface area contributed by atoms with Crippen LogP contribution in [0.15, 0.2) is 24.3 Å². The van der Waals surface area contributed by atoms with Gasteiger partial charge in [-0.2, -0.15) is 0 Å². The first-order valence-corrected chi connectivity index (χ1v) is 8.65. The van der Waals surface area contributed by atoms with Gasteiger partial charge in [0.25, 0.3) is 0 Å². The fourth-order valence-electron chi connectivity index (χ4n) is 2.55. The first-order chi connectivity index (χ1) is 9.37. The number of nitrogens with zero attached hydrogens (tertiary/aromatic N) is 1. The van der Waals surface area contributed by atoms with E-state index in [2.05, 4.69) is 4.90 Å². The van der Waals surface area contributed by atoms with Crippen LogP contribution in [-0.4, -0.2) is 44.0 Å². The molecule has 1 fully saturated rings. The molecule has 0 aliphatic carbocycles. The third-order valence-corrected chi connectivity index (χ3v) is 5.63. The third-order valence-electron chi connectivity index (χ3n) is 3.83. The molecular weight excluding hydrogens is 279 g/mol. The lowest BCUT2D eigenvalue weighted by molar-refractivity contribution is 0.219. The second-order valence-electron chi connectivity index (χ2n) is 5.45. The molecular formula is C14H21FN2O2S. The summed E-state index contributed by atoms with van der Waals surface area (Å²) < 4.78 is 35.9. The van der Waals surface area contributed by atoms with Crippen molar-refractivity contribution >= 4 is 9.84 Å².